The van der Waals surface area contributed by atoms with Crippen LogP contribution in [-0.4, -0.2) is 44.9 Å². The molecule has 1 aliphatic rings. The molecule has 1 fully saturated rings. The summed E-state index contributed by atoms with van der Waals surface area (Å²) in [7, 11) is -1.69. The van der Waals surface area contributed by atoms with Crippen LogP contribution in [0.2, 0.25) is 0 Å². The third-order valence-electron chi connectivity index (χ3n) is 2.79. The number of rotatable bonds is 4. The molecule has 0 spiro atoms. The van der Waals surface area contributed by atoms with E-state index in [1.165, 1.54) is 4.31 Å². The fourth-order valence-corrected chi connectivity index (χ4v) is 2.86. The van der Waals surface area contributed by atoms with Crippen LogP contribution >= 0.6 is 0 Å². The second kappa shape index (κ2) is 5.25. The molecule has 2 unspecified atom stereocenters. The normalized spacial score (nSPS) is 28.3. The van der Waals surface area contributed by atoms with Crippen molar-refractivity contribution in [3.63, 3.8) is 0 Å². The molecule has 0 aromatic rings. The molecule has 0 amide bonds. The van der Waals surface area contributed by atoms with E-state index in [1.807, 2.05) is 6.92 Å². The maximum atomic E-state index is 11.7. The summed E-state index contributed by atoms with van der Waals surface area (Å²) in [5.41, 5.74) is 0. The smallest absolute Gasteiger partial charge is 0.279 e. The minimum absolute atomic E-state index is 0.0697. The van der Waals surface area contributed by atoms with Gasteiger partial charge in [-0.05, 0) is 26.3 Å². The van der Waals surface area contributed by atoms with Crippen LogP contribution in [0.5, 0.6) is 0 Å². The lowest BCUT2D eigenvalue weighted by molar-refractivity contribution is 0.353. The predicted octanol–water partition coefficient (Wildman–Crippen LogP) is -0.0870. The average Bonchev–Trinajstić information content (AvgIpc) is 2.15. The van der Waals surface area contributed by atoms with Gasteiger partial charge in [-0.25, -0.2) is 0 Å². The number of piperidine rings is 1. The highest BCUT2D eigenvalue weighted by Gasteiger charge is 2.24. The van der Waals surface area contributed by atoms with Crippen LogP contribution < -0.4 is 10.0 Å². The summed E-state index contributed by atoms with van der Waals surface area (Å²) in [5.74, 6) is 0. The molecule has 0 radical (unpaired) electrons. The molecule has 0 aliphatic carbocycles. The first-order valence-corrected chi connectivity index (χ1v) is 6.86. The molecule has 0 bridgehead atoms. The van der Waals surface area contributed by atoms with E-state index in [0.717, 1.165) is 19.4 Å². The molecule has 90 valence electrons. The number of hydrogen-bond donors (Lipinski definition) is 2. The Morgan fingerprint density at radius 1 is 1.53 bits per heavy atom. The molecule has 5 nitrogen and oxygen atoms in total. The summed E-state index contributed by atoms with van der Waals surface area (Å²) in [5, 5.41) is 3.29. The lowest BCUT2D eigenvalue weighted by Crippen LogP contribution is -2.49. The monoisotopic (exact) mass is 235 g/mol. The van der Waals surface area contributed by atoms with Gasteiger partial charge in [-0.1, -0.05) is 6.92 Å². The first-order chi connectivity index (χ1) is 6.95. The standard InChI is InChI=1S/C9H21N3O2S/c1-4-12(3)15(13,14)11-9-5-6-10-8(2)7-9/h8-11H,4-7H2,1-3H3. The first-order valence-electron chi connectivity index (χ1n) is 5.42. The lowest BCUT2D eigenvalue weighted by atomic mass is 10.0. The second-order valence-corrected chi connectivity index (χ2v) is 5.92. The summed E-state index contributed by atoms with van der Waals surface area (Å²) in [6.45, 7) is 5.27. The second-order valence-electron chi connectivity index (χ2n) is 4.11. The van der Waals surface area contributed by atoms with Crippen molar-refractivity contribution in [1.29, 1.82) is 0 Å². The highest BCUT2D eigenvalue weighted by atomic mass is 32.2. The molecule has 0 saturated carbocycles. The zero-order valence-electron chi connectivity index (χ0n) is 9.66. The molecule has 15 heavy (non-hydrogen) atoms. The summed E-state index contributed by atoms with van der Waals surface area (Å²) in [6, 6.07) is 0.457. The minimum Gasteiger partial charge on any atom is -0.314 e. The van der Waals surface area contributed by atoms with Crippen molar-refractivity contribution < 1.29 is 8.42 Å². The predicted molar refractivity (Wildman–Crippen MR) is 60.8 cm³/mol. The zero-order valence-corrected chi connectivity index (χ0v) is 10.5. The maximum Gasteiger partial charge on any atom is 0.279 e. The van der Waals surface area contributed by atoms with Gasteiger partial charge in [0, 0.05) is 25.7 Å². The SMILES string of the molecule is CCN(C)S(=O)(=O)NC1CCNC(C)C1. The molecule has 1 rings (SSSR count). The summed E-state index contributed by atoms with van der Waals surface area (Å²) in [4.78, 5) is 0. The van der Waals surface area contributed by atoms with Crippen molar-refractivity contribution in [1.82, 2.24) is 14.3 Å². The summed E-state index contributed by atoms with van der Waals surface area (Å²) < 4.78 is 27.5. The molecule has 2 N–H and O–H groups in total. The lowest BCUT2D eigenvalue weighted by Gasteiger charge is -2.29. The van der Waals surface area contributed by atoms with E-state index in [0.29, 0.717) is 12.6 Å². The topological polar surface area (TPSA) is 61.4 Å². The van der Waals surface area contributed by atoms with Crippen LogP contribution in [0.4, 0.5) is 0 Å². The van der Waals surface area contributed by atoms with E-state index in [-0.39, 0.29) is 6.04 Å². The number of nitrogens with one attached hydrogen (secondary N) is 2. The van der Waals surface area contributed by atoms with E-state index in [4.69, 9.17) is 0 Å². The quantitative estimate of drug-likeness (QED) is 0.716. The molecule has 0 aromatic heterocycles. The molecule has 1 aliphatic heterocycles. The first kappa shape index (κ1) is 12.9. The zero-order chi connectivity index (χ0) is 11.5. The van der Waals surface area contributed by atoms with E-state index < -0.39 is 10.2 Å². The van der Waals surface area contributed by atoms with E-state index in [1.54, 1.807) is 7.05 Å². The Hall–Kier alpha value is -0.170. The van der Waals surface area contributed by atoms with E-state index in [2.05, 4.69) is 17.0 Å². The van der Waals surface area contributed by atoms with Gasteiger partial charge in [0.15, 0.2) is 0 Å². The van der Waals surface area contributed by atoms with Gasteiger partial charge in [0.1, 0.15) is 0 Å². The average molecular weight is 235 g/mol. The van der Waals surface area contributed by atoms with Crippen LogP contribution in [0.25, 0.3) is 0 Å². The maximum absolute atomic E-state index is 11.7. The highest BCUT2D eigenvalue weighted by Crippen LogP contribution is 2.10. The van der Waals surface area contributed by atoms with Gasteiger partial charge in [0.25, 0.3) is 10.2 Å². The molecule has 1 saturated heterocycles. The van der Waals surface area contributed by atoms with Crippen LogP contribution in [-0.2, 0) is 10.2 Å². The van der Waals surface area contributed by atoms with Crippen molar-refractivity contribution in [3.8, 4) is 0 Å². The van der Waals surface area contributed by atoms with Gasteiger partial charge in [-0.3, -0.25) is 0 Å². The Morgan fingerprint density at radius 2 is 2.20 bits per heavy atom. The van der Waals surface area contributed by atoms with Gasteiger partial charge in [-0.15, -0.1) is 0 Å². The summed E-state index contributed by atoms with van der Waals surface area (Å²) in [6.07, 6.45) is 1.72. The molecule has 0 aromatic carbocycles. The Balaban J connectivity index is 2.53. The van der Waals surface area contributed by atoms with Crippen molar-refractivity contribution in [2.24, 2.45) is 0 Å². The van der Waals surface area contributed by atoms with Gasteiger partial charge >= 0.3 is 0 Å². The van der Waals surface area contributed by atoms with E-state index in [9.17, 15) is 8.42 Å². The Bertz CT molecular complexity index is 292. The number of hydrogen-bond acceptors (Lipinski definition) is 3. The van der Waals surface area contributed by atoms with Crippen molar-refractivity contribution in [2.45, 2.75) is 38.8 Å². The van der Waals surface area contributed by atoms with Crippen LogP contribution in [0.1, 0.15) is 26.7 Å². The summed E-state index contributed by atoms with van der Waals surface area (Å²) >= 11 is 0. The Kier molecular flexibility index (Phi) is 4.51. The Morgan fingerprint density at radius 3 is 2.73 bits per heavy atom. The number of nitrogens with zero attached hydrogens (tertiary/aromatic N) is 1. The van der Waals surface area contributed by atoms with Gasteiger partial charge < -0.3 is 5.32 Å². The van der Waals surface area contributed by atoms with Gasteiger partial charge in [0.05, 0.1) is 0 Å². The Labute approximate surface area is 92.4 Å². The van der Waals surface area contributed by atoms with Gasteiger partial charge in [-0.2, -0.15) is 17.4 Å². The van der Waals surface area contributed by atoms with Crippen LogP contribution in [0.15, 0.2) is 0 Å². The largest absolute Gasteiger partial charge is 0.314 e. The van der Waals surface area contributed by atoms with E-state index >= 15 is 0 Å². The minimum atomic E-state index is -3.28. The molecular weight excluding hydrogens is 214 g/mol. The third-order valence-corrected chi connectivity index (χ3v) is 4.50. The third kappa shape index (κ3) is 3.71. The fourth-order valence-electron chi connectivity index (χ4n) is 1.71. The highest BCUT2D eigenvalue weighted by molar-refractivity contribution is 7.87. The van der Waals surface area contributed by atoms with Crippen molar-refractivity contribution in [3.05, 3.63) is 0 Å². The van der Waals surface area contributed by atoms with Gasteiger partial charge in [0.2, 0.25) is 0 Å². The molecule has 1 heterocycles. The fraction of sp³-hybridized carbons (Fsp3) is 1.00. The molecular formula is C9H21N3O2S. The molecule has 2 atom stereocenters. The van der Waals surface area contributed by atoms with Crippen molar-refractivity contribution >= 4 is 10.2 Å². The van der Waals surface area contributed by atoms with Crippen LogP contribution in [0, 0.1) is 0 Å². The molecule has 6 heteroatoms. The van der Waals surface area contributed by atoms with Crippen molar-refractivity contribution in [2.75, 3.05) is 20.1 Å². The van der Waals surface area contributed by atoms with Crippen LogP contribution in [0.3, 0.4) is 0 Å².